The summed E-state index contributed by atoms with van der Waals surface area (Å²) in [7, 11) is 0. The number of ketones is 1. The molecule has 0 atom stereocenters. The Morgan fingerprint density at radius 3 is 2.85 bits per heavy atom. The average Bonchev–Trinajstić information content (AvgIpc) is 2.98. The Labute approximate surface area is 128 Å². The minimum absolute atomic E-state index is 0.338. The molecule has 20 heavy (non-hydrogen) atoms. The zero-order valence-corrected chi connectivity index (χ0v) is 13.1. The molecule has 2 aromatic rings. The number of aromatic nitrogens is 1. The molecule has 1 aromatic carbocycles. The molecule has 0 aliphatic carbocycles. The van der Waals surface area contributed by atoms with Gasteiger partial charge in [-0.15, -0.1) is 11.3 Å². The van der Waals surface area contributed by atoms with Gasteiger partial charge in [0.15, 0.2) is 0 Å². The standard InChI is InChI=1S/C14H11BrN2O2S/c1-2-12-16-9(7-20-12)6-17-11-5-8(15)3-4-10(11)13(18)14(17)19/h3-5,7H,2,6H2,1H3. The highest BCUT2D eigenvalue weighted by Crippen LogP contribution is 2.32. The van der Waals surface area contributed by atoms with Crippen molar-refractivity contribution in [2.45, 2.75) is 19.9 Å². The summed E-state index contributed by atoms with van der Waals surface area (Å²) in [5.41, 5.74) is 1.94. The largest absolute Gasteiger partial charge is 0.299 e. The van der Waals surface area contributed by atoms with Crippen molar-refractivity contribution in [2.75, 3.05) is 4.90 Å². The molecule has 0 radical (unpaired) electrons. The molecule has 0 saturated heterocycles. The maximum Gasteiger partial charge on any atom is 0.299 e. The molecule has 0 N–H and O–H groups in total. The van der Waals surface area contributed by atoms with Crippen molar-refractivity contribution in [3.05, 3.63) is 44.3 Å². The molecule has 1 amide bonds. The third kappa shape index (κ3) is 2.19. The lowest BCUT2D eigenvalue weighted by Gasteiger charge is -2.15. The Hall–Kier alpha value is -1.53. The van der Waals surface area contributed by atoms with Crippen LogP contribution in [-0.4, -0.2) is 16.7 Å². The summed E-state index contributed by atoms with van der Waals surface area (Å²) in [6.45, 7) is 2.38. The van der Waals surface area contributed by atoms with Gasteiger partial charge in [-0.05, 0) is 24.6 Å². The molecule has 3 rings (SSSR count). The van der Waals surface area contributed by atoms with Gasteiger partial charge in [0.25, 0.3) is 11.7 Å². The van der Waals surface area contributed by atoms with Crippen LogP contribution in [0.2, 0.25) is 0 Å². The van der Waals surface area contributed by atoms with Crippen molar-refractivity contribution in [2.24, 2.45) is 0 Å². The molecular weight excluding hydrogens is 340 g/mol. The Balaban J connectivity index is 1.96. The van der Waals surface area contributed by atoms with Crippen molar-refractivity contribution in [1.29, 1.82) is 0 Å². The summed E-state index contributed by atoms with van der Waals surface area (Å²) in [6, 6.07) is 5.24. The molecule has 0 unspecified atom stereocenters. The number of benzene rings is 1. The van der Waals surface area contributed by atoms with E-state index in [0.29, 0.717) is 17.8 Å². The smallest absolute Gasteiger partial charge is 0.299 e. The third-order valence-corrected chi connectivity index (χ3v) is 4.69. The first-order chi connectivity index (χ1) is 9.60. The van der Waals surface area contributed by atoms with Gasteiger partial charge < -0.3 is 0 Å². The molecule has 0 fully saturated rings. The number of thiazole rings is 1. The van der Waals surface area contributed by atoms with Gasteiger partial charge in [-0.1, -0.05) is 22.9 Å². The highest BCUT2D eigenvalue weighted by atomic mass is 79.9. The number of carbonyl (C=O) groups is 2. The van der Waals surface area contributed by atoms with Crippen molar-refractivity contribution in [3.63, 3.8) is 0 Å². The van der Waals surface area contributed by atoms with Crippen LogP contribution >= 0.6 is 27.3 Å². The number of fused-ring (bicyclic) bond motifs is 1. The molecular formula is C14H11BrN2O2S. The van der Waals surface area contributed by atoms with E-state index >= 15 is 0 Å². The fourth-order valence-corrected chi connectivity index (χ4v) is 3.26. The maximum atomic E-state index is 12.1. The number of halogens is 1. The monoisotopic (exact) mass is 350 g/mol. The molecule has 0 saturated carbocycles. The summed E-state index contributed by atoms with van der Waals surface area (Å²) in [6.07, 6.45) is 0.875. The van der Waals surface area contributed by atoms with Crippen LogP contribution in [0.15, 0.2) is 28.1 Å². The van der Waals surface area contributed by atoms with Gasteiger partial charge >= 0.3 is 0 Å². The molecule has 102 valence electrons. The number of hydrogen-bond donors (Lipinski definition) is 0. The van der Waals surface area contributed by atoms with Crippen LogP contribution in [0, 0.1) is 0 Å². The number of amides is 1. The van der Waals surface area contributed by atoms with Crippen molar-refractivity contribution in [3.8, 4) is 0 Å². The van der Waals surface area contributed by atoms with Gasteiger partial charge in [-0.25, -0.2) is 4.98 Å². The van der Waals surface area contributed by atoms with Crippen LogP contribution in [0.25, 0.3) is 0 Å². The number of aryl methyl sites for hydroxylation is 1. The lowest BCUT2D eigenvalue weighted by molar-refractivity contribution is -0.114. The van der Waals surface area contributed by atoms with Crippen LogP contribution in [-0.2, 0) is 17.8 Å². The van der Waals surface area contributed by atoms with Gasteiger partial charge in [-0.3, -0.25) is 14.5 Å². The number of nitrogens with zero attached hydrogens (tertiary/aromatic N) is 2. The van der Waals surface area contributed by atoms with Crippen molar-refractivity contribution in [1.82, 2.24) is 4.98 Å². The molecule has 2 heterocycles. The molecule has 1 aliphatic heterocycles. The minimum Gasteiger partial charge on any atom is -0.299 e. The van der Waals surface area contributed by atoms with Gasteiger partial charge in [0, 0.05) is 9.85 Å². The van der Waals surface area contributed by atoms with Crippen molar-refractivity contribution >= 4 is 44.6 Å². The van der Waals surface area contributed by atoms with Crippen LogP contribution in [0.5, 0.6) is 0 Å². The van der Waals surface area contributed by atoms with E-state index in [2.05, 4.69) is 20.9 Å². The first kappa shape index (κ1) is 13.5. The Kier molecular flexibility index (Phi) is 3.43. The number of carbonyl (C=O) groups excluding carboxylic acids is 2. The zero-order valence-electron chi connectivity index (χ0n) is 10.7. The summed E-state index contributed by atoms with van der Waals surface area (Å²) in [5, 5.41) is 2.97. The molecule has 4 nitrogen and oxygen atoms in total. The first-order valence-corrected chi connectivity index (χ1v) is 7.86. The summed E-state index contributed by atoms with van der Waals surface area (Å²) >= 11 is 4.95. The minimum atomic E-state index is -0.482. The topological polar surface area (TPSA) is 50.3 Å². The van der Waals surface area contributed by atoms with E-state index in [9.17, 15) is 9.59 Å². The summed E-state index contributed by atoms with van der Waals surface area (Å²) in [4.78, 5) is 30.0. The second kappa shape index (κ2) is 5.10. The normalized spacial score (nSPS) is 14.0. The van der Waals surface area contributed by atoms with E-state index in [4.69, 9.17) is 0 Å². The van der Waals surface area contributed by atoms with E-state index in [-0.39, 0.29) is 0 Å². The number of hydrogen-bond acceptors (Lipinski definition) is 4. The van der Waals surface area contributed by atoms with Crippen LogP contribution in [0.3, 0.4) is 0 Å². The van der Waals surface area contributed by atoms with Gasteiger partial charge in [0.2, 0.25) is 0 Å². The molecule has 0 spiro atoms. The Bertz CT molecular complexity index is 711. The van der Waals surface area contributed by atoms with E-state index in [1.54, 1.807) is 29.5 Å². The Morgan fingerprint density at radius 2 is 2.15 bits per heavy atom. The Morgan fingerprint density at radius 1 is 1.35 bits per heavy atom. The highest BCUT2D eigenvalue weighted by molar-refractivity contribution is 9.10. The number of anilines is 1. The fourth-order valence-electron chi connectivity index (χ4n) is 2.17. The molecule has 0 bridgehead atoms. The van der Waals surface area contributed by atoms with Crippen molar-refractivity contribution < 1.29 is 9.59 Å². The van der Waals surface area contributed by atoms with Gasteiger partial charge in [-0.2, -0.15) is 0 Å². The van der Waals surface area contributed by atoms with Crippen LogP contribution in [0.4, 0.5) is 5.69 Å². The van der Waals surface area contributed by atoms with Gasteiger partial charge in [0.05, 0.1) is 28.5 Å². The first-order valence-electron chi connectivity index (χ1n) is 6.19. The van der Waals surface area contributed by atoms with Crippen LogP contribution < -0.4 is 4.90 Å². The van der Waals surface area contributed by atoms with Gasteiger partial charge in [0.1, 0.15) is 0 Å². The van der Waals surface area contributed by atoms with E-state index in [1.165, 1.54) is 4.90 Å². The lowest BCUT2D eigenvalue weighted by atomic mass is 10.1. The predicted octanol–water partition coefficient (Wildman–Crippen LogP) is 3.20. The average molecular weight is 351 g/mol. The second-order valence-corrected chi connectivity index (χ2v) is 6.33. The van der Waals surface area contributed by atoms with Crippen LogP contribution in [0.1, 0.15) is 28.0 Å². The lowest BCUT2D eigenvalue weighted by Crippen LogP contribution is -2.29. The fraction of sp³-hybridized carbons (Fsp3) is 0.214. The predicted molar refractivity (Wildman–Crippen MR) is 81.2 cm³/mol. The third-order valence-electron chi connectivity index (χ3n) is 3.16. The van der Waals surface area contributed by atoms with E-state index in [0.717, 1.165) is 21.6 Å². The molecule has 1 aromatic heterocycles. The maximum absolute atomic E-state index is 12.1. The highest BCUT2D eigenvalue weighted by Gasteiger charge is 2.36. The summed E-state index contributed by atoms with van der Waals surface area (Å²) < 4.78 is 0.844. The second-order valence-electron chi connectivity index (χ2n) is 4.47. The SMILES string of the molecule is CCc1nc(CN2C(=O)C(=O)c3ccc(Br)cc32)cs1. The van der Waals surface area contributed by atoms with E-state index in [1.807, 2.05) is 12.3 Å². The van der Waals surface area contributed by atoms with E-state index < -0.39 is 11.7 Å². The number of Topliss-reactive ketones (excluding diaryl/α,β-unsaturated/α-hetero) is 1. The number of rotatable bonds is 3. The quantitative estimate of drug-likeness (QED) is 0.798. The zero-order chi connectivity index (χ0) is 14.3. The molecule has 1 aliphatic rings. The molecule has 6 heteroatoms. The summed E-state index contributed by atoms with van der Waals surface area (Å²) in [5.74, 6) is -0.928.